The Bertz CT molecular complexity index is 432. The van der Waals surface area contributed by atoms with Crippen LogP contribution in [0.25, 0.3) is 0 Å². The first-order chi connectivity index (χ1) is 8.69. The van der Waals surface area contributed by atoms with Crippen molar-refractivity contribution in [2.24, 2.45) is 10.9 Å². The van der Waals surface area contributed by atoms with Crippen molar-refractivity contribution >= 4 is 22.6 Å². The molecule has 1 N–H and O–H groups in total. The highest BCUT2D eigenvalue weighted by Crippen LogP contribution is 2.25. The van der Waals surface area contributed by atoms with E-state index in [0.29, 0.717) is 18.6 Å². The summed E-state index contributed by atoms with van der Waals surface area (Å²) >= 11 is 1.79. The molecule has 0 saturated heterocycles. The maximum atomic E-state index is 5.48. The van der Waals surface area contributed by atoms with Crippen LogP contribution in [0.4, 0.5) is 5.69 Å². The molecule has 3 nitrogen and oxygen atoms in total. The second kappa shape index (κ2) is 6.14. The second-order valence-electron chi connectivity index (χ2n) is 4.64. The quantitative estimate of drug-likeness (QED) is 0.901. The molecule has 0 radical (unpaired) electrons. The lowest BCUT2D eigenvalue weighted by Crippen LogP contribution is -2.12. The van der Waals surface area contributed by atoms with Crippen LogP contribution in [0.1, 0.15) is 20.8 Å². The van der Waals surface area contributed by atoms with Crippen LogP contribution >= 0.6 is 11.8 Å². The van der Waals surface area contributed by atoms with E-state index in [1.807, 2.05) is 31.2 Å². The summed E-state index contributed by atoms with van der Waals surface area (Å²) in [5.41, 5.74) is 1.04. The molecule has 98 valence electrons. The topological polar surface area (TPSA) is 33.6 Å². The molecule has 1 aliphatic rings. The lowest BCUT2D eigenvalue weighted by atomic mass is 10.1. The number of rotatable bonds is 4. The number of anilines is 1. The van der Waals surface area contributed by atoms with E-state index in [1.54, 1.807) is 11.8 Å². The number of hydrogen-bond acceptors (Lipinski definition) is 4. The molecule has 4 heteroatoms. The lowest BCUT2D eigenvalue weighted by Gasteiger charge is -2.08. The SMILES string of the molecule is CCOc1cccc(NC2=NC(C(C)C)CS2)c1. The molecule has 0 aromatic heterocycles. The number of benzene rings is 1. The first-order valence-corrected chi connectivity index (χ1v) is 7.38. The number of ether oxygens (including phenoxy) is 1. The summed E-state index contributed by atoms with van der Waals surface area (Å²) in [4.78, 5) is 4.69. The van der Waals surface area contributed by atoms with E-state index in [-0.39, 0.29) is 0 Å². The van der Waals surface area contributed by atoms with Crippen LogP contribution in [0.15, 0.2) is 29.3 Å². The number of nitrogens with zero attached hydrogens (tertiary/aromatic N) is 1. The zero-order chi connectivity index (χ0) is 13.0. The minimum Gasteiger partial charge on any atom is -0.494 e. The van der Waals surface area contributed by atoms with Crippen LogP contribution in [0, 0.1) is 5.92 Å². The number of hydrogen-bond donors (Lipinski definition) is 1. The van der Waals surface area contributed by atoms with E-state index in [9.17, 15) is 0 Å². The summed E-state index contributed by atoms with van der Waals surface area (Å²) in [5, 5.41) is 4.37. The molecule has 0 bridgehead atoms. The van der Waals surface area contributed by atoms with Crippen molar-refractivity contribution in [2.75, 3.05) is 17.7 Å². The first kappa shape index (κ1) is 13.3. The molecule has 1 aromatic rings. The summed E-state index contributed by atoms with van der Waals surface area (Å²) in [5.74, 6) is 2.57. The van der Waals surface area contributed by atoms with Crippen LogP contribution in [0.2, 0.25) is 0 Å². The van der Waals surface area contributed by atoms with Gasteiger partial charge in [-0.15, -0.1) is 0 Å². The highest BCUT2D eigenvalue weighted by molar-refractivity contribution is 8.14. The molecule has 0 saturated carbocycles. The van der Waals surface area contributed by atoms with Gasteiger partial charge in [0.25, 0.3) is 0 Å². The summed E-state index contributed by atoms with van der Waals surface area (Å²) < 4.78 is 5.48. The number of amidine groups is 1. The molecule has 1 aromatic carbocycles. The third-order valence-corrected chi connectivity index (χ3v) is 3.83. The molecule has 18 heavy (non-hydrogen) atoms. The van der Waals surface area contributed by atoms with E-state index in [2.05, 4.69) is 24.2 Å². The first-order valence-electron chi connectivity index (χ1n) is 6.39. The van der Waals surface area contributed by atoms with Crippen LogP contribution in [-0.4, -0.2) is 23.6 Å². The van der Waals surface area contributed by atoms with Gasteiger partial charge >= 0.3 is 0 Å². The molecule has 2 rings (SSSR count). The van der Waals surface area contributed by atoms with Crippen molar-refractivity contribution in [1.82, 2.24) is 0 Å². The fourth-order valence-corrected chi connectivity index (χ4v) is 2.94. The van der Waals surface area contributed by atoms with Crippen molar-refractivity contribution < 1.29 is 4.74 Å². The van der Waals surface area contributed by atoms with Gasteiger partial charge < -0.3 is 10.1 Å². The van der Waals surface area contributed by atoms with Gasteiger partial charge in [0.1, 0.15) is 5.75 Å². The van der Waals surface area contributed by atoms with Crippen molar-refractivity contribution in [1.29, 1.82) is 0 Å². The van der Waals surface area contributed by atoms with Gasteiger partial charge in [-0.2, -0.15) is 0 Å². The number of aliphatic imine (C=N–C) groups is 1. The molecular formula is C14H20N2OS. The Hall–Kier alpha value is -1.16. The lowest BCUT2D eigenvalue weighted by molar-refractivity contribution is 0.340. The fraction of sp³-hybridized carbons (Fsp3) is 0.500. The van der Waals surface area contributed by atoms with Crippen LogP contribution in [-0.2, 0) is 0 Å². The minimum absolute atomic E-state index is 0.438. The summed E-state index contributed by atoms with van der Waals surface area (Å²) in [6.07, 6.45) is 0. The van der Waals surface area contributed by atoms with Gasteiger partial charge in [0.05, 0.1) is 12.6 Å². The maximum absolute atomic E-state index is 5.48. The van der Waals surface area contributed by atoms with Gasteiger partial charge in [-0.05, 0) is 25.0 Å². The molecule has 0 aliphatic carbocycles. The van der Waals surface area contributed by atoms with E-state index < -0.39 is 0 Å². The fourth-order valence-electron chi connectivity index (χ4n) is 1.75. The number of nitrogens with one attached hydrogen (secondary N) is 1. The smallest absolute Gasteiger partial charge is 0.161 e. The van der Waals surface area contributed by atoms with Gasteiger partial charge in [-0.1, -0.05) is 31.7 Å². The Labute approximate surface area is 113 Å². The Balaban J connectivity index is 2.01. The van der Waals surface area contributed by atoms with Crippen LogP contribution < -0.4 is 10.1 Å². The summed E-state index contributed by atoms with van der Waals surface area (Å²) in [6.45, 7) is 7.11. The average Bonchev–Trinajstić information content (AvgIpc) is 2.78. The maximum Gasteiger partial charge on any atom is 0.161 e. The molecular weight excluding hydrogens is 244 g/mol. The second-order valence-corrected chi connectivity index (χ2v) is 5.65. The third kappa shape index (κ3) is 3.42. The van der Waals surface area contributed by atoms with Crippen molar-refractivity contribution in [3.63, 3.8) is 0 Å². The number of thioether (sulfide) groups is 1. The highest BCUT2D eigenvalue weighted by Gasteiger charge is 2.21. The van der Waals surface area contributed by atoms with Crippen molar-refractivity contribution in [3.05, 3.63) is 24.3 Å². The monoisotopic (exact) mass is 264 g/mol. The van der Waals surface area contributed by atoms with Crippen LogP contribution in [0.3, 0.4) is 0 Å². The highest BCUT2D eigenvalue weighted by atomic mass is 32.2. The van der Waals surface area contributed by atoms with Gasteiger partial charge in [0.15, 0.2) is 5.17 Å². The van der Waals surface area contributed by atoms with Gasteiger partial charge in [-0.25, -0.2) is 0 Å². The summed E-state index contributed by atoms with van der Waals surface area (Å²) in [7, 11) is 0. The predicted octanol–water partition coefficient (Wildman–Crippen LogP) is 3.62. The van der Waals surface area contributed by atoms with Gasteiger partial charge in [-0.3, -0.25) is 4.99 Å². The van der Waals surface area contributed by atoms with E-state index in [1.165, 1.54) is 0 Å². The van der Waals surface area contributed by atoms with Crippen LogP contribution in [0.5, 0.6) is 5.75 Å². The van der Waals surface area contributed by atoms with Crippen molar-refractivity contribution in [2.45, 2.75) is 26.8 Å². The zero-order valence-electron chi connectivity index (χ0n) is 11.1. The Morgan fingerprint density at radius 3 is 3.00 bits per heavy atom. The van der Waals surface area contributed by atoms with Gasteiger partial charge in [0.2, 0.25) is 0 Å². The molecule has 1 atom stereocenters. The van der Waals surface area contributed by atoms with E-state index in [4.69, 9.17) is 4.74 Å². The molecule has 1 heterocycles. The molecule has 0 spiro atoms. The zero-order valence-corrected chi connectivity index (χ0v) is 12.0. The minimum atomic E-state index is 0.438. The normalized spacial score (nSPS) is 18.9. The van der Waals surface area contributed by atoms with E-state index >= 15 is 0 Å². The molecule has 0 amide bonds. The van der Waals surface area contributed by atoms with E-state index in [0.717, 1.165) is 22.4 Å². The molecule has 1 unspecified atom stereocenters. The summed E-state index contributed by atoms with van der Waals surface area (Å²) in [6, 6.07) is 8.44. The molecule has 0 fully saturated rings. The predicted molar refractivity (Wildman–Crippen MR) is 79.8 cm³/mol. The standard InChI is InChI=1S/C14H20N2OS/c1-4-17-12-7-5-6-11(8-12)15-14-16-13(9-18-14)10(2)3/h5-8,10,13H,4,9H2,1-3H3,(H,15,16). The Kier molecular flexibility index (Phi) is 4.53. The Morgan fingerprint density at radius 2 is 2.33 bits per heavy atom. The van der Waals surface area contributed by atoms with Gasteiger partial charge in [0, 0.05) is 17.5 Å². The largest absolute Gasteiger partial charge is 0.494 e. The average molecular weight is 264 g/mol. The van der Waals surface area contributed by atoms with Crippen molar-refractivity contribution in [3.8, 4) is 5.75 Å². The molecule has 1 aliphatic heterocycles. The third-order valence-electron chi connectivity index (χ3n) is 2.84. The Morgan fingerprint density at radius 1 is 1.50 bits per heavy atom.